The van der Waals surface area contributed by atoms with E-state index in [2.05, 4.69) is 42.3 Å². The van der Waals surface area contributed by atoms with Gasteiger partial charge in [-0.1, -0.05) is 49.6 Å². The molecule has 1 heterocycles. The van der Waals surface area contributed by atoms with E-state index >= 15 is 0 Å². The summed E-state index contributed by atoms with van der Waals surface area (Å²) in [6.07, 6.45) is 7.20. The standard InChI is InChI=1S/C15H21NO/c1-12(13-8-4-2-5-9-13)16-15(17-16)14-10-6-3-7-11-14/h3,6-7,10-13,15H,2,4-5,8-9H2,1H3/t12-,15-,16?/m1/s1. The molecule has 1 unspecified atom stereocenters. The van der Waals surface area contributed by atoms with Gasteiger partial charge in [-0.05, 0) is 31.2 Å². The monoisotopic (exact) mass is 231 g/mol. The van der Waals surface area contributed by atoms with E-state index < -0.39 is 0 Å². The van der Waals surface area contributed by atoms with Gasteiger partial charge in [-0.25, -0.2) is 0 Å². The van der Waals surface area contributed by atoms with Crippen LogP contribution in [-0.4, -0.2) is 11.1 Å². The fourth-order valence-electron chi connectivity index (χ4n) is 3.05. The number of rotatable bonds is 3. The molecule has 0 radical (unpaired) electrons. The summed E-state index contributed by atoms with van der Waals surface area (Å²) in [4.78, 5) is 5.75. The van der Waals surface area contributed by atoms with Crippen LogP contribution >= 0.6 is 0 Å². The average molecular weight is 231 g/mol. The lowest BCUT2D eigenvalue weighted by atomic mass is 9.84. The van der Waals surface area contributed by atoms with Crippen LogP contribution in [0.15, 0.2) is 30.3 Å². The molecule has 1 saturated heterocycles. The molecule has 2 heteroatoms. The molecule has 1 saturated carbocycles. The van der Waals surface area contributed by atoms with E-state index in [4.69, 9.17) is 4.84 Å². The predicted molar refractivity (Wildman–Crippen MR) is 68.1 cm³/mol. The molecule has 0 spiro atoms. The van der Waals surface area contributed by atoms with E-state index in [9.17, 15) is 0 Å². The lowest BCUT2D eigenvalue weighted by Gasteiger charge is -2.27. The van der Waals surface area contributed by atoms with Gasteiger partial charge in [0.1, 0.15) is 0 Å². The highest BCUT2D eigenvalue weighted by atomic mass is 16.8. The molecule has 3 atom stereocenters. The Kier molecular flexibility index (Phi) is 3.17. The Hall–Kier alpha value is -0.860. The van der Waals surface area contributed by atoms with Gasteiger partial charge in [0.25, 0.3) is 0 Å². The SMILES string of the molecule is C[C@H](C1CCCCC1)N1O[C@@H]1c1ccccc1. The highest BCUT2D eigenvalue weighted by Crippen LogP contribution is 2.43. The van der Waals surface area contributed by atoms with Crippen molar-refractivity contribution in [2.24, 2.45) is 5.92 Å². The summed E-state index contributed by atoms with van der Waals surface area (Å²) in [5.41, 5.74) is 1.29. The van der Waals surface area contributed by atoms with Gasteiger partial charge in [0.05, 0.1) is 0 Å². The highest BCUT2D eigenvalue weighted by molar-refractivity contribution is 5.19. The molecule has 0 amide bonds. The fourth-order valence-corrected chi connectivity index (χ4v) is 3.05. The maximum absolute atomic E-state index is 5.75. The molecule has 92 valence electrons. The quantitative estimate of drug-likeness (QED) is 0.733. The van der Waals surface area contributed by atoms with E-state index in [1.807, 2.05) is 0 Å². The van der Waals surface area contributed by atoms with Crippen molar-refractivity contribution in [3.63, 3.8) is 0 Å². The number of nitrogens with zero attached hydrogens (tertiary/aromatic N) is 1. The van der Waals surface area contributed by atoms with Crippen molar-refractivity contribution in [1.29, 1.82) is 0 Å². The molecule has 17 heavy (non-hydrogen) atoms. The van der Waals surface area contributed by atoms with Crippen LogP contribution in [0.3, 0.4) is 0 Å². The molecule has 1 aliphatic carbocycles. The van der Waals surface area contributed by atoms with Gasteiger partial charge >= 0.3 is 0 Å². The molecular weight excluding hydrogens is 210 g/mol. The van der Waals surface area contributed by atoms with Crippen LogP contribution in [-0.2, 0) is 4.84 Å². The largest absolute Gasteiger partial charge is 0.270 e. The Morgan fingerprint density at radius 1 is 1.12 bits per heavy atom. The second kappa shape index (κ2) is 4.79. The molecular formula is C15H21NO. The third-order valence-electron chi connectivity index (χ3n) is 4.23. The maximum atomic E-state index is 5.75. The smallest absolute Gasteiger partial charge is 0.180 e. The molecule has 2 fully saturated rings. The predicted octanol–water partition coefficient (Wildman–Crippen LogP) is 3.90. The number of hydrogen-bond acceptors (Lipinski definition) is 2. The summed E-state index contributed by atoms with van der Waals surface area (Å²) in [6.45, 7) is 2.32. The van der Waals surface area contributed by atoms with Gasteiger partial charge < -0.3 is 0 Å². The second-order valence-corrected chi connectivity index (χ2v) is 5.37. The molecule has 1 aliphatic heterocycles. The van der Waals surface area contributed by atoms with E-state index in [0.717, 1.165) is 5.92 Å². The van der Waals surface area contributed by atoms with Crippen LogP contribution in [0.5, 0.6) is 0 Å². The van der Waals surface area contributed by atoms with Crippen molar-refractivity contribution in [3.8, 4) is 0 Å². The maximum Gasteiger partial charge on any atom is 0.180 e. The topological polar surface area (TPSA) is 15.5 Å². The van der Waals surface area contributed by atoms with E-state index in [-0.39, 0.29) is 6.23 Å². The minimum atomic E-state index is 0.216. The number of hydrogen-bond donors (Lipinski definition) is 0. The second-order valence-electron chi connectivity index (χ2n) is 5.37. The van der Waals surface area contributed by atoms with Gasteiger partial charge in [-0.15, -0.1) is 5.06 Å². The first-order chi connectivity index (χ1) is 8.36. The summed E-state index contributed by atoms with van der Waals surface area (Å²) < 4.78 is 0. The van der Waals surface area contributed by atoms with Crippen molar-refractivity contribution in [3.05, 3.63) is 35.9 Å². The Morgan fingerprint density at radius 2 is 1.82 bits per heavy atom. The van der Waals surface area contributed by atoms with E-state index in [0.29, 0.717) is 6.04 Å². The molecule has 1 aromatic rings. The third kappa shape index (κ3) is 2.38. The first-order valence-corrected chi connectivity index (χ1v) is 6.86. The lowest BCUT2D eigenvalue weighted by molar-refractivity contribution is 0.101. The van der Waals surface area contributed by atoms with Crippen molar-refractivity contribution in [1.82, 2.24) is 5.06 Å². The molecule has 1 aromatic carbocycles. The van der Waals surface area contributed by atoms with Crippen LogP contribution in [0, 0.1) is 5.92 Å². The van der Waals surface area contributed by atoms with Gasteiger partial charge in [-0.2, -0.15) is 0 Å². The average Bonchev–Trinajstić information content (AvgIpc) is 3.20. The number of benzene rings is 1. The molecule has 2 nitrogen and oxygen atoms in total. The fraction of sp³-hybridized carbons (Fsp3) is 0.600. The Balaban J connectivity index is 1.60. The summed E-state index contributed by atoms with van der Waals surface area (Å²) in [5.74, 6) is 0.831. The first kappa shape index (κ1) is 11.2. The van der Waals surface area contributed by atoms with Crippen LogP contribution in [0.2, 0.25) is 0 Å². The Morgan fingerprint density at radius 3 is 2.53 bits per heavy atom. The molecule has 0 bridgehead atoms. The van der Waals surface area contributed by atoms with Crippen LogP contribution in [0.1, 0.15) is 50.8 Å². The summed E-state index contributed by atoms with van der Waals surface area (Å²) in [6, 6.07) is 11.1. The first-order valence-electron chi connectivity index (χ1n) is 6.86. The van der Waals surface area contributed by atoms with Crippen molar-refractivity contribution < 1.29 is 4.84 Å². The summed E-state index contributed by atoms with van der Waals surface area (Å²) >= 11 is 0. The molecule has 2 aliphatic rings. The van der Waals surface area contributed by atoms with Crippen LogP contribution in [0.4, 0.5) is 0 Å². The Labute approximate surface area is 104 Å². The van der Waals surface area contributed by atoms with Crippen molar-refractivity contribution in [2.75, 3.05) is 0 Å². The highest BCUT2D eigenvalue weighted by Gasteiger charge is 2.44. The van der Waals surface area contributed by atoms with Crippen LogP contribution in [0.25, 0.3) is 0 Å². The van der Waals surface area contributed by atoms with Gasteiger partial charge in [0, 0.05) is 6.04 Å². The normalized spacial score (nSPS) is 31.1. The third-order valence-corrected chi connectivity index (χ3v) is 4.23. The molecule has 0 aromatic heterocycles. The molecule has 0 N–H and O–H groups in total. The molecule has 3 rings (SSSR count). The van der Waals surface area contributed by atoms with E-state index in [1.165, 1.54) is 37.7 Å². The summed E-state index contributed by atoms with van der Waals surface area (Å²) in [7, 11) is 0. The van der Waals surface area contributed by atoms with Gasteiger partial charge in [0.2, 0.25) is 0 Å². The van der Waals surface area contributed by atoms with Gasteiger partial charge in [0.15, 0.2) is 6.23 Å². The van der Waals surface area contributed by atoms with E-state index in [1.54, 1.807) is 0 Å². The minimum absolute atomic E-state index is 0.216. The van der Waals surface area contributed by atoms with Crippen LogP contribution < -0.4 is 0 Å². The van der Waals surface area contributed by atoms with Crippen molar-refractivity contribution in [2.45, 2.75) is 51.3 Å². The van der Waals surface area contributed by atoms with Gasteiger partial charge in [-0.3, -0.25) is 4.84 Å². The minimum Gasteiger partial charge on any atom is -0.270 e. The lowest BCUT2D eigenvalue weighted by Crippen LogP contribution is -2.27. The zero-order valence-corrected chi connectivity index (χ0v) is 10.5. The van der Waals surface area contributed by atoms with Crippen molar-refractivity contribution >= 4 is 0 Å². The zero-order valence-electron chi connectivity index (χ0n) is 10.5. The zero-order chi connectivity index (χ0) is 11.7. The Bertz CT molecular complexity index is 358. The summed E-state index contributed by atoms with van der Waals surface area (Å²) in [5, 5.41) is 2.19. The number of hydroxylamine groups is 2.